The average Bonchev–Trinajstić information content (AvgIpc) is 3.06. The van der Waals surface area contributed by atoms with E-state index in [4.69, 9.17) is 4.52 Å². The third-order valence-corrected chi connectivity index (χ3v) is 6.09. The Balaban J connectivity index is 1.68. The Hall–Kier alpha value is -2.88. The number of hydrogen-bond acceptors (Lipinski definition) is 6. The summed E-state index contributed by atoms with van der Waals surface area (Å²) in [6.45, 7) is 1.64. The van der Waals surface area contributed by atoms with Crippen LogP contribution in [0, 0.1) is 18.8 Å². The molecule has 3 rings (SSSR count). The van der Waals surface area contributed by atoms with E-state index < -0.39 is 27.8 Å². The van der Waals surface area contributed by atoms with Crippen LogP contribution in [0.2, 0.25) is 0 Å². The summed E-state index contributed by atoms with van der Waals surface area (Å²) in [5.41, 5.74) is 0.399. The van der Waals surface area contributed by atoms with E-state index in [1.807, 2.05) is 0 Å². The molecule has 0 spiro atoms. The SMILES string of the molecule is Cc1cc(NS(=O)(=O)c2ccc(NC(=O)[C@@H]3CCCC[C@H]3C(=O)O)cc2)no1. The summed E-state index contributed by atoms with van der Waals surface area (Å²) >= 11 is 0. The van der Waals surface area contributed by atoms with E-state index in [9.17, 15) is 23.1 Å². The van der Waals surface area contributed by atoms with Crippen LogP contribution in [0.25, 0.3) is 0 Å². The number of carbonyl (C=O) groups is 2. The van der Waals surface area contributed by atoms with Crippen molar-refractivity contribution in [2.45, 2.75) is 37.5 Å². The molecule has 9 nitrogen and oxygen atoms in total. The minimum atomic E-state index is -3.85. The maximum Gasteiger partial charge on any atom is 0.307 e. The Bertz CT molecular complexity index is 967. The first kappa shape index (κ1) is 19.9. The van der Waals surface area contributed by atoms with Crippen LogP contribution in [0.5, 0.6) is 0 Å². The smallest absolute Gasteiger partial charge is 0.307 e. The molecule has 1 amide bonds. The second-order valence-electron chi connectivity index (χ2n) is 6.78. The summed E-state index contributed by atoms with van der Waals surface area (Å²) in [4.78, 5) is 23.8. The zero-order chi connectivity index (χ0) is 20.3. The fraction of sp³-hybridized carbons (Fsp3) is 0.389. The fourth-order valence-corrected chi connectivity index (χ4v) is 4.29. The van der Waals surface area contributed by atoms with Gasteiger partial charge in [0.2, 0.25) is 5.91 Å². The lowest BCUT2D eigenvalue weighted by Gasteiger charge is -2.27. The van der Waals surface area contributed by atoms with Crippen molar-refractivity contribution in [3.05, 3.63) is 36.1 Å². The minimum absolute atomic E-state index is 0.00719. The van der Waals surface area contributed by atoms with Crippen molar-refractivity contribution in [3.8, 4) is 0 Å². The van der Waals surface area contributed by atoms with Gasteiger partial charge < -0.3 is 14.9 Å². The predicted molar refractivity (Wildman–Crippen MR) is 100 cm³/mol. The number of hydrogen-bond donors (Lipinski definition) is 3. The maximum absolute atomic E-state index is 12.5. The second-order valence-corrected chi connectivity index (χ2v) is 8.46. The molecule has 1 aliphatic carbocycles. The van der Waals surface area contributed by atoms with Crippen molar-refractivity contribution < 1.29 is 27.6 Å². The summed E-state index contributed by atoms with van der Waals surface area (Å²) in [5, 5.41) is 15.6. The van der Waals surface area contributed by atoms with Gasteiger partial charge in [-0.1, -0.05) is 18.0 Å². The molecule has 150 valence electrons. The number of nitrogens with one attached hydrogen (secondary N) is 2. The third kappa shape index (κ3) is 4.50. The lowest BCUT2D eigenvalue weighted by molar-refractivity contribution is -0.147. The average molecular weight is 407 g/mol. The van der Waals surface area contributed by atoms with Crippen molar-refractivity contribution in [1.82, 2.24) is 5.16 Å². The largest absolute Gasteiger partial charge is 0.481 e. The molecule has 1 fully saturated rings. The number of carboxylic acids is 1. The van der Waals surface area contributed by atoms with Crippen LogP contribution in [-0.4, -0.2) is 30.6 Å². The normalized spacial score (nSPS) is 19.8. The Labute approximate surface area is 162 Å². The number of aryl methyl sites for hydroxylation is 1. The topological polar surface area (TPSA) is 139 Å². The first-order valence-electron chi connectivity index (χ1n) is 8.86. The molecule has 2 atom stereocenters. The Morgan fingerprint density at radius 1 is 1.14 bits per heavy atom. The Morgan fingerprint density at radius 3 is 2.36 bits per heavy atom. The molecule has 2 aromatic rings. The molecule has 10 heteroatoms. The summed E-state index contributed by atoms with van der Waals surface area (Å²) in [6.07, 6.45) is 2.62. The van der Waals surface area contributed by atoms with Crippen LogP contribution in [0.15, 0.2) is 39.8 Å². The molecule has 1 aliphatic rings. The van der Waals surface area contributed by atoms with Crippen molar-refractivity contribution >= 4 is 33.4 Å². The lowest BCUT2D eigenvalue weighted by atomic mass is 9.78. The molecular weight excluding hydrogens is 386 g/mol. The number of amides is 1. The number of carbonyl (C=O) groups excluding carboxylic acids is 1. The van der Waals surface area contributed by atoms with Gasteiger partial charge in [-0.15, -0.1) is 0 Å². The number of aliphatic carboxylic acids is 1. The van der Waals surface area contributed by atoms with Crippen LogP contribution >= 0.6 is 0 Å². The molecule has 1 heterocycles. The van der Waals surface area contributed by atoms with Crippen molar-refractivity contribution in [1.29, 1.82) is 0 Å². The standard InChI is InChI=1S/C18H21N3O6S/c1-11-10-16(20-27-11)21-28(25,26)13-8-6-12(7-9-13)19-17(22)14-4-2-3-5-15(14)18(23)24/h6-10,14-15H,2-5H2,1H3,(H,19,22)(H,20,21)(H,23,24)/t14-,15-/m1/s1. The van der Waals surface area contributed by atoms with E-state index in [1.54, 1.807) is 6.92 Å². The molecule has 0 unspecified atom stereocenters. The number of aromatic nitrogens is 1. The van der Waals surface area contributed by atoms with E-state index in [2.05, 4.69) is 15.2 Å². The van der Waals surface area contributed by atoms with Crippen LogP contribution in [0.1, 0.15) is 31.4 Å². The second kappa shape index (κ2) is 8.01. The first-order chi connectivity index (χ1) is 13.3. The highest BCUT2D eigenvalue weighted by Gasteiger charge is 2.35. The number of carboxylic acid groups (broad SMARTS) is 1. The lowest BCUT2D eigenvalue weighted by Crippen LogP contribution is -2.36. The quantitative estimate of drug-likeness (QED) is 0.669. The van der Waals surface area contributed by atoms with E-state index in [1.165, 1.54) is 30.3 Å². The zero-order valence-corrected chi connectivity index (χ0v) is 16.0. The van der Waals surface area contributed by atoms with E-state index in [0.717, 1.165) is 12.8 Å². The van der Waals surface area contributed by atoms with E-state index in [-0.39, 0.29) is 16.6 Å². The van der Waals surface area contributed by atoms with E-state index in [0.29, 0.717) is 24.3 Å². The van der Waals surface area contributed by atoms with Crippen molar-refractivity contribution in [2.75, 3.05) is 10.0 Å². The van der Waals surface area contributed by atoms with Gasteiger partial charge in [0.05, 0.1) is 16.7 Å². The minimum Gasteiger partial charge on any atom is -0.481 e. The molecule has 1 aromatic heterocycles. The molecular formula is C18H21N3O6S. The Morgan fingerprint density at radius 2 is 1.79 bits per heavy atom. The molecule has 3 N–H and O–H groups in total. The number of sulfonamides is 1. The van der Waals surface area contributed by atoms with Gasteiger partial charge in [-0.3, -0.25) is 14.3 Å². The molecule has 1 aromatic carbocycles. The predicted octanol–water partition coefficient (Wildman–Crippen LogP) is 2.61. The summed E-state index contributed by atoms with van der Waals surface area (Å²) in [6, 6.07) is 7.06. The number of nitrogens with zero attached hydrogens (tertiary/aromatic N) is 1. The van der Waals surface area contributed by atoms with Crippen molar-refractivity contribution in [2.24, 2.45) is 11.8 Å². The zero-order valence-electron chi connectivity index (χ0n) is 15.2. The van der Waals surface area contributed by atoms with Crippen LogP contribution in [0.3, 0.4) is 0 Å². The van der Waals surface area contributed by atoms with Gasteiger partial charge in [0, 0.05) is 11.8 Å². The van der Waals surface area contributed by atoms with E-state index >= 15 is 0 Å². The number of rotatable bonds is 6. The molecule has 0 radical (unpaired) electrons. The molecule has 0 aliphatic heterocycles. The monoisotopic (exact) mass is 407 g/mol. The highest BCUT2D eigenvalue weighted by atomic mass is 32.2. The van der Waals surface area contributed by atoms with Crippen LogP contribution in [0.4, 0.5) is 11.5 Å². The molecule has 0 bridgehead atoms. The van der Waals surface area contributed by atoms with Crippen LogP contribution < -0.4 is 10.0 Å². The molecule has 1 saturated carbocycles. The fourth-order valence-electron chi connectivity index (χ4n) is 3.30. The number of anilines is 2. The van der Waals surface area contributed by atoms with Crippen LogP contribution in [-0.2, 0) is 19.6 Å². The van der Waals surface area contributed by atoms with Gasteiger partial charge in [-0.25, -0.2) is 8.42 Å². The van der Waals surface area contributed by atoms with Gasteiger partial charge in [0.15, 0.2) is 5.82 Å². The van der Waals surface area contributed by atoms with Gasteiger partial charge in [-0.2, -0.15) is 0 Å². The summed E-state index contributed by atoms with van der Waals surface area (Å²) in [7, 11) is -3.85. The first-order valence-corrected chi connectivity index (χ1v) is 10.3. The van der Waals surface area contributed by atoms with Crippen molar-refractivity contribution in [3.63, 3.8) is 0 Å². The Kier molecular flexibility index (Phi) is 5.68. The third-order valence-electron chi connectivity index (χ3n) is 4.72. The number of benzene rings is 1. The highest BCUT2D eigenvalue weighted by Crippen LogP contribution is 2.31. The van der Waals surface area contributed by atoms with Gasteiger partial charge >= 0.3 is 5.97 Å². The highest BCUT2D eigenvalue weighted by molar-refractivity contribution is 7.92. The summed E-state index contributed by atoms with van der Waals surface area (Å²) < 4.78 is 31.9. The summed E-state index contributed by atoms with van der Waals surface area (Å²) in [5.74, 6) is -2.06. The molecule has 28 heavy (non-hydrogen) atoms. The van der Waals surface area contributed by atoms with Gasteiger partial charge in [-0.05, 0) is 44.0 Å². The maximum atomic E-state index is 12.5. The molecule has 0 saturated heterocycles. The van der Waals surface area contributed by atoms with Gasteiger partial charge in [0.25, 0.3) is 10.0 Å². The van der Waals surface area contributed by atoms with Gasteiger partial charge in [0.1, 0.15) is 5.76 Å².